The SMILES string of the molecule is CC(C)Sc1ccc(C2(O)CC2)cc1Br. The monoisotopic (exact) mass is 286 g/mol. The number of hydrogen-bond acceptors (Lipinski definition) is 2. The van der Waals surface area contributed by atoms with E-state index in [-0.39, 0.29) is 0 Å². The third-order valence-electron chi connectivity index (χ3n) is 2.56. The molecule has 1 N–H and O–H groups in total. The fourth-order valence-electron chi connectivity index (χ4n) is 1.55. The molecule has 0 aromatic heterocycles. The first-order chi connectivity index (χ1) is 7.01. The molecule has 3 heteroatoms. The molecule has 1 aliphatic carbocycles. The van der Waals surface area contributed by atoms with E-state index in [1.54, 1.807) is 0 Å². The lowest BCUT2D eigenvalue weighted by Crippen LogP contribution is -2.03. The second kappa shape index (κ2) is 4.11. The van der Waals surface area contributed by atoms with Crippen molar-refractivity contribution in [3.63, 3.8) is 0 Å². The summed E-state index contributed by atoms with van der Waals surface area (Å²) in [5, 5.41) is 10.5. The highest BCUT2D eigenvalue weighted by Crippen LogP contribution is 2.46. The molecule has 2 rings (SSSR count). The summed E-state index contributed by atoms with van der Waals surface area (Å²) in [6.07, 6.45) is 1.80. The molecule has 0 aliphatic heterocycles. The lowest BCUT2D eigenvalue weighted by atomic mass is 10.1. The number of rotatable bonds is 3. The Bertz CT molecular complexity index is 372. The van der Waals surface area contributed by atoms with E-state index in [1.165, 1.54) is 4.90 Å². The van der Waals surface area contributed by atoms with E-state index >= 15 is 0 Å². The van der Waals surface area contributed by atoms with Gasteiger partial charge in [0.05, 0.1) is 5.60 Å². The van der Waals surface area contributed by atoms with Crippen LogP contribution in [-0.4, -0.2) is 10.4 Å². The van der Waals surface area contributed by atoms with Crippen LogP contribution in [0.25, 0.3) is 0 Å². The molecule has 1 aromatic rings. The van der Waals surface area contributed by atoms with Crippen molar-refractivity contribution in [1.82, 2.24) is 0 Å². The summed E-state index contributed by atoms with van der Waals surface area (Å²) in [6, 6.07) is 6.20. The highest BCUT2D eigenvalue weighted by molar-refractivity contribution is 9.10. The summed E-state index contributed by atoms with van der Waals surface area (Å²) in [6.45, 7) is 4.36. The quantitative estimate of drug-likeness (QED) is 0.850. The van der Waals surface area contributed by atoms with Crippen molar-refractivity contribution >= 4 is 27.7 Å². The van der Waals surface area contributed by atoms with E-state index in [4.69, 9.17) is 0 Å². The Kier molecular flexibility index (Phi) is 3.15. The van der Waals surface area contributed by atoms with Gasteiger partial charge in [0.15, 0.2) is 0 Å². The van der Waals surface area contributed by atoms with Gasteiger partial charge < -0.3 is 5.11 Å². The number of halogens is 1. The van der Waals surface area contributed by atoms with Crippen molar-refractivity contribution < 1.29 is 5.11 Å². The van der Waals surface area contributed by atoms with Crippen molar-refractivity contribution in [3.05, 3.63) is 28.2 Å². The average molecular weight is 287 g/mol. The van der Waals surface area contributed by atoms with E-state index in [1.807, 2.05) is 17.8 Å². The largest absolute Gasteiger partial charge is 0.385 e. The molecule has 0 atom stereocenters. The highest BCUT2D eigenvalue weighted by Gasteiger charge is 2.42. The molecule has 1 aliphatic rings. The van der Waals surface area contributed by atoms with Gasteiger partial charge in [0, 0.05) is 14.6 Å². The van der Waals surface area contributed by atoms with Crippen molar-refractivity contribution in [1.29, 1.82) is 0 Å². The average Bonchev–Trinajstić information content (AvgIpc) is 2.88. The molecule has 1 aromatic carbocycles. The van der Waals surface area contributed by atoms with Crippen molar-refractivity contribution in [2.24, 2.45) is 0 Å². The predicted molar refractivity (Wildman–Crippen MR) is 68.3 cm³/mol. The van der Waals surface area contributed by atoms with Crippen molar-refractivity contribution in [2.75, 3.05) is 0 Å². The van der Waals surface area contributed by atoms with Gasteiger partial charge in [0.2, 0.25) is 0 Å². The third kappa shape index (κ3) is 2.58. The first-order valence-electron chi connectivity index (χ1n) is 5.20. The minimum absolute atomic E-state index is 0.524. The van der Waals surface area contributed by atoms with Crippen LogP contribution in [0.5, 0.6) is 0 Å². The first-order valence-corrected chi connectivity index (χ1v) is 6.87. The van der Waals surface area contributed by atoms with E-state index in [9.17, 15) is 5.11 Å². The fraction of sp³-hybridized carbons (Fsp3) is 0.500. The second-order valence-corrected chi connectivity index (χ2v) is 6.82. The molecule has 0 unspecified atom stereocenters. The van der Waals surface area contributed by atoms with Crippen molar-refractivity contribution in [2.45, 2.75) is 42.4 Å². The summed E-state index contributed by atoms with van der Waals surface area (Å²) in [7, 11) is 0. The molecule has 1 saturated carbocycles. The van der Waals surface area contributed by atoms with Gasteiger partial charge >= 0.3 is 0 Å². The van der Waals surface area contributed by atoms with Gasteiger partial charge in [0.25, 0.3) is 0 Å². The number of benzene rings is 1. The summed E-state index contributed by atoms with van der Waals surface area (Å²) in [5.74, 6) is 0. The Morgan fingerprint density at radius 2 is 2.07 bits per heavy atom. The van der Waals surface area contributed by atoms with E-state index in [0.29, 0.717) is 5.25 Å². The maximum Gasteiger partial charge on any atom is 0.0899 e. The molecule has 0 bridgehead atoms. The number of thioether (sulfide) groups is 1. The molecule has 1 fully saturated rings. The molecule has 82 valence electrons. The molecule has 0 saturated heterocycles. The van der Waals surface area contributed by atoms with Crippen LogP contribution >= 0.6 is 27.7 Å². The van der Waals surface area contributed by atoms with Gasteiger partial charge in [-0.05, 0) is 46.5 Å². The van der Waals surface area contributed by atoms with E-state index < -0.39 is 5.60 Å². The van der Waals surface area contributed by atoms with Gasteiger partial charge in [0.1, 0.15) is 0 Å². The van der Waals surface area contributed by atoms with Crippen LogP contribution in [0.15, 0.2) is 27.6 Å². The summed E-state index contributed by atoms with van der Waals surface area (Å²) in [4.78, 5) is 1.25. The zero-order chi connectivity index (χ0) is 11.1. The molecule has 0 radical (unpaired) electrons. The second-order valence-electron chi connectivity index (χ2n) is 4.34. The van der Waals surface area contributed by atoms with Crippen LogP contribution in [0.1, 0.15) is 32.3 Å². The number of aliphatic hydroxyl groups is 1. The molecule has 0 amide bonds. The summed E-state index contributed by atoms with van der Waals surface area (Å²) >= 11 is 5.40. The van der Waals surface area contributed by atoms with Gasteiger partial charge in [-0.3, -0.25) is 0 Å². The molecule has 0 spiro atoms. The Hall–Kier alpha value is 0.01000. The van der Waals surface area contributed by atoms with Crippen LogP contribution in [0.3, 0.4) is 0 Å². The van der Waals surface area contributed by atoms with Crippen LogP contribution < -0.4 is 0 Å². The lowest BCUT2D eigenvalue weighted by molar-refractivity contribution is 0.151. The minimum atomic E-state index is -0.524. The molecule has 15 heavy (non-hydrogen) atoms. The van der Waals surface area contributed by atoms with Crippen LogP contribution in [0.4, 0.5) is 0 Å². The van der Waals surface area contributed by atoms with Crippen LogP contribution in [-0.2, 0) is 5.60 Å². The lowest BCUT2D eigenvalue weighted by Gasteiger charge is -2.12. The molecular formula is C12H15BrOS. The van der Waals surface area contributed by atoms with Gasteiger partial charge in [-0.1, -0.05) is 19.9 Å². The zero-order valence-electron chi connectivity index (χ0n) is 8.96. The smallest absolute Gasteiger partial charge is 0.0899 e. The Morgan fingerprint density at radius 3 is 2.53 bits per heavy atom. The topological polar surface area (TPSA) is 20.2 Å². The highest BCUT2D eigenvalue weighted by atomic mass is 79.9. The van der Waals surface area contributed by atoms with Crippen LogP contribution in [0, 0.1) is 0 Å². The molecular weight excluding hydrogens is 272 g/mol. The first kappa shape index (κ1) is 11.5. The minimum Gasteiger partial charge on any atom is -0.385 e. The summed E-state index contributed by atoms with van der Waals surface area (Å²) in [5.41, 5.74) is 0.520. The Balaban J connectivity index is 2.23. The van der Waals surface area contributed by atoms with E-state index in [0.717, 1.165) is 22.9 Å². The maximum atomic E-state index is 9.97. The zero-order valence-corrected chi connectivity index (χ0v) is 11.4. The Morgan fingerprint density at radius 1 is 1.40 bits per heavy atom. The van der Waals surface area contributed by atoms with Gasteiger partial charge in [-0.15, -0.1) is 11.8 Å². The van der Waals surface area contributed by atoms with Crippen LogP contribution in [0.2, 0.25) is 0 Å². The van der Waals surface area contributed by atoms with E-state index in [2.05, 4.69) is 41.9 Å². The van der Waals surface area contributed by atoms with Crippen molar-refractivity contribution in [3.8, 4) is 0 Å². The molecule has 0 heterocycles. The summed E-state index contributed by atoms with van der Waals surface area (Å²) < 4.78 is 1.10. The predicted octanol–water partition coefficient (Wildman–Crippen LogP) is 3.93. The van der Waals surface area contributed by atoms with Gasteiger partial charge in [-0.2, -0.15) is 0 Å². The van der Waals surface area contributed by atoms with Gasteiger partial charge in [-0.25, -0.2) is 0 Å². The maximum absolute atomic E-state index is 9.97. The normalized spacial score (nSPS) is 18.2. The Labute approximate surface area is 103 Å². The standard InChI is InChI=1S/C12H15BrOS/c1-8(2)15-11-4-3-9(7-10(11)13)12(14)5-6-12/h3-4,7-8,14H,5-6H2,1-2H3. The number of hydrogen-bond donors (Lipinski definition) is 1. The fourth-order valence-corrected chi connectivity index (χ4v) is 3.03. The molecule has 1 nitrogen and oxygen atoms in total. The third-order valence-corrected chi connectivity index (χ3v) is 4.56.